The van der Waals surface area contributed by atoms with Gasteiger partial charge in [0.25, 0.3) is 0 Å². The maximum atomic E-state index is 12.3. The molecule has 0 spiro atoms. The van der Waals surface area contributed by atoms with Gasteiger partial charge >= 0.3 is 18.0 Å². The molecule has 28 heavy (non-hydrogen) atoms. The minimum atomic E-state index is -0.609. The van der Waals surface area contributed by atoms with Gasteiger partial charge in [0.05, 0.1) is 30.0 Å². The molecule has 2 aliphatic rings. The number of benzene rings is 1. The molecule has 3 rings (SSSR count). The van der Waals surface area contributed by atoms with E-state index in [0.29, 0.717) is 18.5 Å². The smallest absolute Gasteiger partial charge is 0.338 e. The Morgan fingerprint density at radius 2 is 1.86 bits per heavy atom. The number of anilines is 1. The maximum Gasteiger partial charge on any atom is 0.338 e. The van der Waals surface area contributed by atoms with Crippen LogP contribution in [0.15, 0.2) is 35.5 Å². The molecule has 0 radical (unpaired) electrons. The standard InChI is InChI=1S/C19H21N3O6/c1-2-27-18(25)14-10-20-19(26)21-15(14)11-28-17(24)12-5-7-13(8-6-12)22-9-3-4-16(22)23/h5-8H,2-4,9-11H2,1H3,(H2,20,21,26). The first-order valence-corrected chi connectivity index (χ1v) is 9.01. The topological polar surface area (TPSA) is 114 Å². The van der Waals surface area contributed by atoms with Crippen molar-refractivity contribution in [2.45, 2.75) is 19.8 Å². The van der Waals surface area contributed by atoms with Crippen LogP contribution in [0.3, 0.4) is 0 Å². The summed E-state index contributed by atoms with van der Waals surface area (Å²) >= 11 is 0. The summed E-state index contributed by atoms with van der Waals surface area (Å²) < 4.78 is 10.2. The fourth-order valence-electron chi connectivity index (χ4n) is 2.99. The van der Waals surface area contributed by atoms with Crippen LogP contribution in [-0.2, 0) is 19.1 Å². The van der Waals surface area contributed by atoms with Crippen LogP contribution in [0.25, 0.3) is 0 Å². The van der Waals surface area contributed by atoms with Crippen LogP contribution in [-0.4, -0.2) is 50.2 Å². The molecule has 9 heteroatoms. The molecule has 2 N–H and O–H groups in total. The summed E-state index contributed by atoms with van der Waals surface area (Å²) in [5.74, 6) is -1.13. The molecule has 1 fully saturated rings. The average molecular weight is 387 g/mol. The first-order chi connectivity index (χ1) is 13.5. The second-order valence-corrected chi connectivity index (χ2v) is 6.26. The lowest BCUT2D eigenvalue weighted by Gasteiger charge is -2.21. The highest BCUT2D eigenvalue weighted by molar-refractivity contribution is 5.96. The molecule has 0 atom stereocenters. The average Bonchev–Trinajstić information content (AvgIpc) is 3.12. The summed E-state index contributed by atoms with van der Waals surface area (Å²) in [6, 6.07) is 6.04. The van der Waals surface area contributed by atoms with Crippen molar-refractivity contribution in [3.05, 3.63) is 41.1 Å². The molecule has 0 aliphatic carbocycles. The van der Waals surface area contributed by atoms with Crippen molar-refractivity contribution in [1.29, 1.82) is 0 Å². The van der Waals surface area contributed by atoms with E-state index < -0.39 is 18.0 Å². The van der Waals surface area contributed by atoms with Gasteiger partial charge in [0.15, 0.2) is 0 Å². The zero-order valence-corrected chi connectivity index (χ0v) is 15.4. The Labute approximate surface area is 161 Å². The summed E-state index contributed by atoms with van der Waals surface area (Å²) in [4.78, 5) is 49.3. The summed E-state index contributed by atoms with van der Waals surface area (Å²) in [5.41, 5.74) is 1.43. The van der Waals surface area contributed by atoms with E-state index in [1.807, 2.05) is 0 Å². The molecule has 0 bridgehead atoms. The third-order valence-corrected chi connectivity index (χ3v) is 4.41. The van der Waals surface area contributed by atoms with Crippen LogP contribution in [0, 0.1) is 0 Å². The molecule has 0 aromatic heterocycles. The Bertz CT molecular complexity index is 831. The lowest BCUT2D eigenvalue weighted by Crippen LogP contribution is -2.45. The normalized spacial score (nSPS) is 16.5. The molecule has 2 aliphatic heterocycles. The number of hydrogen-bond donors (Lipinski definition) is 2. The minimum absolute atomic E-state index is 0.00386. The zero-order valence-electron chi connectivity index (χ0n) is 15.4. The number of ether oxygens (including phenoxy) is 2. The van der Waals surface area contributed by atoms with Crippen molar-refractivity contribution < 1.29 is 28.7 Å². The molecule has 1 aromatic rings. The van der Waals surface area contributed by atoms with Crippen LogP contribution >= 0.6 is 0 Å². The van der Waals surface area contributed by atoms with Gasteiger partial charge in [0.2, 0.25) is 5.91 Å². The maximum absolute atomic E-state index is 12.3. The summed E-state index contributed by atoms with van der Waals surface area (Å²) in [6.07, 6.45) is 1.35. The molecule has 3 amide bonds. The molecular weight excluding hydrogens is 366 g/mol. The number of urea groups is 1. The van der Waals surface area contributed by atoms with Crippen molar-refractivity contribution in [2.75, 3.05) is 31.2 Å². The van der Waals surface area contributed by atoms with E-state index in [-0.39, 0.29) is 36.9 Å². The quantitative estimate of drug-likeness (QED) is 0.707. The third-order valence-electron chi connectivity index (χ3n) is 4.41. The van der Waals surface area contributed by atoms with Crippen LogP contribution in [0.4, 0.5) is 10.5 Å². The fourth-order valence-corrected chi connectivity index (χ4v) is 2.99. The van der Waals surface area contributed by atoms with Gasteiger partial charge in [-0.1, -0.05) is 0 Å². The second kappa shape index (κ2) is 8.55. The first-order valence-electron chi connectivity index (χ1n) is 9.01. The first kappa shape index (κ1) is 19.4. The Morgan fingerprint density at radius 3 is 2.50 bits per heavy atom. The van der Waals surface area contributed by atoms with Crippen molar-refractivity contribution >= 4 is 29.6 Å². The number of hydrogen-bond acceptors (Lipinski definition) is 6. The molecule has 1 aromatic carbocycles. The number of esters is 2. The number of carbonyl (C=O) groups excluding carboxylic acids is 4. The largest absolute Gasteiger partial charge is 0.463 e. The predicted octanol–water partition coefficient (Wildman–Crippen LogP) is 1.10. The van der Waals surface area contributed by atoms with E-state index in [9.17, 15) is 19.2 Å². The summed E-state index contributed by atoms with van der Waals surface area (Å²) in [5, 5.41) is 4.95. The number of carbonyl (C=O) groups is 4. The van der Waals surface area contributed by atoms with Crippen LogP contribution in [0.2, 0.25) is 0 Å². The highest BCUT2D eigenvalue weighted by Crippen LogP contribution is 2.22. The summed E-state index contributed by atoms with van der Waals surface area (Å²) in [7, 11) is 0. The zero-order chi connectivity index (χ0) is 20.1. The second-order valence-electron chi connectivity index (χ2n) is 6.26. The predicted molar refractivity (Wildman–Crippen MR) is 98.5 cm³/mol. The highest BCUT2D eigenvalue weighted by Gasteiger charge is 2.25. The van der Waals surface area contributed by atoms with E-state index in [0.717, 1.165) is 12.1 Å². The van der Waals surface area contributed by atoms with Gasteiger partial charge in [-0.2, -0.15) is 0 Å². The molecule has 0 unspecified atom stereocenters. The van der Waals surface area contributed by atoms with E-state index >= 15 is 0 Å². The van der Waals surface area contributed by atoms with Crippen molar-refractivity contribution in [1.82, 2.24) is 10.6 Å². The lowest BCUT2D eigenvalue weighted by atomic mass is 10.1. The van der Waals surface area contributed by atoms with Gasteiger partial charge in [-0.05, 0) is 37.6 Å². The molecular formula is C19H21N3O6. The molecule has 2 heterocycles. The van der Waals surface area contributed by atoms with E-state index in [1.165, 1.54) is 0 Å². The Morgan fingerprint density at radius 1 is 1.11 bits per heavy atom. The monoisotopic (exact) mass is 387 g/mol. The Balaban J connectivity index is 1.65. The van der Waals surface area contributed by atoms with Crippen molar-refractivity contribution in [3.8, 4) is 0 Å². The molecule has 1 saturated heterocycles. The van der Waals surface area contributed by atoms with Gasteiger partial charge in [-0.3, -0.25) is 4.79 Å². The Kier molecular flexibility index (Phi) is 5.93. The highest BCUT2D eigenvalue weighted by atomic mass is 16.5. The van der Waals surface area contributed by atoms with Crippen molar-refractivity contribution in [3.63, 3.8) is 0 Å². The van der Waals surface area contributed by atoms with Crippen LogP contribution in [0.5, 0.6) is 0 Å². The SMILES string of the molecule is CCOC(=O)C1=C(COC(=O)c2ccc(N3CCCC3=O)cc2)NC(=O)NC1. The van der Waals surface area contributed by atoms with E-state index in [2.05, 4.69) is 10.6 Å². The third kappa shape index (κ3) is 4.30. The number of amides is 3. The van der Waals surface area contributed by atoms with E-state index in [4.69, 9.17) is 9.47 Å². The van der Waals surface area contributed by atoms with Gasteiger partial charge in [-0.15, -0.1) is 0 Å². The minimum Gasteiger partial charge on any atom is -0.463 e. The number of rotatable bonds is 6. The Hall–Kier alpha value is -3.36. The van der Waals surface area contributed by atoms with Crippen molar-refractivity contribution in [2.24, 2.45) is 0 Å². The van der Waals surface area contributed by atoms with Gasteiger partial charge in [0.1, 0.15) is 6.61 Å². The van der Waals surface area contributed by atoms with Crippen LogP contribution in [0.1, 0.15) is 30.1 Å². The fraction of sp³-hybridized carbons (Fsp3) is 0.368. The summed E-state index contributed by atoms with van der Waals surface area (Å²) in [6.45, 7) is 2.26. The lowest BCUT2D eigenvalue weighted by molar-refractivity contribution is -0.138. The van der Waals surface area contributed by atoms with Gasteiger partial charge < -0.3 is 25.0 Å². The van der Waals surface area contributed by atoms with Crippen LogP contribution < -0.4 is 15.5 Å². The number of nitrogens with one attached hydrogen (secondary N) is 2. The van der Waals surface area contributed by atoms with E-state index in [1.54, 1.807) is 36.1 Å². The molecule has 0 saturated carbocycles. The van der Waals surface area contributed by atoms with Gasteiger partial charge in [0, 0.05) is 18.7 Å². The number of nitrogens with zero attached hydrogens (tertiary/aromatic N) is 1. The molecule has 148 valence electrons. The van der Waals surface area contributed by atoms with Gasteiger partial charge in [-0.25, -0.2) is 14.4 Å². The molecule has 9 nitrogen and oxygen atoms in total.